The Labute approximate surface area is 119 Å². The summed E-state index contributed by atoms with van der Waals surface area (Å²) in [5.74, 6) is 0.528. The van der Waals surface area contributed by atoms with Crippen LogP contribution in [0.15, 0.2) is 0 Å². The molecule has 1 saturated carbocycles. The molecule has 1 aromatic heterocycles. The van der Waals surface area contributed by atoms with Crippen LogP contribution in [0, 0.1) is 0 Å². The molecule has 0 radical (unpaired) electrons. The SMILES string of the molecule is CCC(CC)n1nc(NC2CCC2)c(C(=O)OC)c1N. The van der Waals surface area contributed by atoms with Gasteiger partial charge in [-0.15, -0.1) is 0 Å². The number of carbonyl (C=O) groups excluding carboxylic acids is 1. The number of carbonyl (C=O) groups is 1. The standard InChI is InChI=1S/C14H24N4O2/c1-4-10(5-2)18-12(15)11(14(19)20-3)13(17-18)16-9-7-6-8-9/h9-10H,4-8,15H2,1-3H3,(H,16,17). The molecule has 112 valence electrons. The Morgan fingerprint density at radius 3 is 2.60 bits per heavy atom. The number of hydrogen-bond donors (Lipinski definition) is 2. The van der Waals surface area contributed by atoms with Crippen LogP contribution in [0.3, 0.4) is 0 Å². The van der Waals surface area contributed by atoms with Gasteiger partial charge in [0.25, 0.3) is 0 Å². The molecule has 0 unspecified atom stereocenters. The third kappa shape index (κ3) is 2.59. The summed E-state index contributed by atoms with van der Waals surface area (Å²) in [4.78, 5) is 12.0. The molecule has 1 aliphatic carbocycles. The van der Waals surface area contributed by atoms with E-state index in [-0.39, 0.29) is 6.04 Å². The molecule has 1 aromatic rings. The largest absolute Gasteiger partial charge is 0.465 e. The summed E-state index contributed by atoms with van der Waals surface area (Å²) >= 11 is 0. The van der Waals surface area contributed by atoms with Crippen molar-refractivity contribution < 1.29 is 9.53 Å². The number of hydrogen-bond acceptors (Lipinski definition) is 5. The van der Waals surface area contributed by atoms with E-state index in [0.717, 1.165) is 25.7 Å². The first kappa shape index (κ1) is 14.7. The minimum atomic E-state index is -0.429. The van der Waals surface area contributed by atoms with Crippen LogP contribution >= 0.6 is 0 Å². The van der Waals surface area contributed by atoms with Gasteiger partial charge in [-0.05, 0) is 32.1 Å². The second kappa shape index (κ2) is 6.15. The maximum absolute atomic E-state index is 12.0. The molecule has 6 nitrogen and oxygen atoms in total. The summed E-state index contributed by atoms with van der Waals surface area (Å²) in [6, 6.07) is 0.596. The fraction of sp³-hybridized carbons (Fsp3) is 0.714. The fourth-order valence-electron chi connectivity index (χ4n) is 2.51. The summed E-state index contributed by atoms with van der Waals surface area (Å²) in [6.07, 6.45) is 5.28. The second-order valence-electron chi connectivity index (χ2n) is 5.29. The number of nitrogens with two attached hydrogens (primary N) is 1. The quantitative estimate of drug-likeness (QED) is 0.783. The van der Waals surface area contributed by atoms with Crippen LogP contribution in [0.4, 0.5) is 11.6 Å². The predicted molar refractivity (Wildman–Crippen MR) is 78.9 cm³/mol. The molecule has 20 heavy (non-hydrogen) atoms. The van der Waals surface area contributed by atoms with Gasteiger partial charge in [0.15, 0.2) is 5.82 Å². The van der Waals surface area contributed by atoms with E-state index in [1.165, 1.54) is 13.5 Å². The van der Waals surface area contributed by atoms with Crippen molar-refractivity contribution in [2.24, 2.45) is 0 Å². The number of anilines is 2. The van der Waals surface area contributed by atoms with Crippen LogP contribution in [0.25, 0.3) is 0 Å². The van der Waals surface area contributed by atoms with Gasteiger partial charge in [0.1, 0.15) is 11.4 Å². The average molecular weight is 280 g/mol. The van der Waals surface area contributed by atoms with Crippen LogP contribution in [0.5, 0.6) is 0 Å². The van der Waals surface area contributed by atoms with E-state index in [9.17, 15) is 4.79 Å². The predicted octanol–water partition coefficient (Wildman–Crippen LogP) is 2.58. The lowest BCUT2D eigenvalue weighted by Crippen LogP contribution is -2.28. The lowest BCUT2D eigenvalue weighted by atomic mass is 9.93. The van der Waals surface area contributed by atoms with Crippen molar-refractivity contribution in [3.05, 3.63) is 5.56 Å². The number of ether oxygens (including phenoxy) is 1. The molecule has 1 aliphatic rings. The molecule has 6 heteroatoms. The minimum Gasteiger partial charge on any atom is -0.465 e. The molecule has 0 atom stereocenters. The van der Waals surface area contributed by atoms with E-state index in [4.69, 9.17) is 10.5 Å². The molecular weight excluding hydrogens is 256 g/mol. The molecule has 1 fully saturated rings. The highest BCUT2D eigenvalue weighted by atomic mass is 16.5. The second-order valence-corrected chi connectivity index (χ2v) is 5.29. The Morgan fingerprint density at radius 2 is 2.15 bits per heavy atom. The third-order valence-corrected chi connectivity index (χ3v) is 4.07. The molecule has 2 rings (SSSR count). The van der Waals surface area contributed by atoms with Crippen molar-refractivity contribution in [2.45, 2.75) is 58.0 Å². The van der Waals surface area contributed by atoms with Gasteiger partial charge in [0.05, 0.1) is 13.2 Å². The number of aromatic nitrogens is 2. The fourth-order valence-corrected chi connectivity index (χ4v) is 2.51. The smallest absolute Gasteiger partial charge is 0.345 e. The van der Waals surface area contributed by atoms with E-state index in [2.05, 4.69) is 24.3 Å². The highest BCUT2D eigenvalue weighted by Gasteiger charge is 2.28. The summed E-state index contributed by atoms with van der Waals surface area (Å²) in [7, 11) is 1.36. The number of nitrogen functional groups attached to an aromatic ring is 1. The average Bonchev–Trinajstić information content (AvgIpc) is 2.72. The zero-order valence-electron chi connectivity index (χ0n) is 12.5. The molecule has 3 N–H and O–H groups in total. The number of methoxy groups -OCH3 is 1. The monoisotopic (exact) mass is 280 g/mol. The Morgan fingerprint density at radius 1 is 1.50 bits per heavy atom. The molecule has 0 aromatic carbocycles. The van der Waals surface area contributed by atoms with Gasteiger partial charge in [-0.1, -0.05) is 13.8 Å². The highest BCUT2D eigenvalue weighted by molar-refractivity contribution is 5.99. The number of esters is 1. The first-order valence-electron chi connectivity index (χ1n) is 7.35. The van der Waals surface area contributed by atoms with Crippen molar-refractivity contribution in [2.75, 3.05) is 18.2 Å². The van der Waals surface area contributed by atoms with Crippen molar-refractivity contribution in [1.29, 1.82) is 0 Å². The maximum Gasteiger partial charge on any atom is 0.345 e. The van der Waals surface area contributed by atoms with E-state index >= 15 is 0 Å². The third-order valence-electron chi connectivity index (χ3n) is 4.07. The zero-order chi connectivity index (χ0) is 14.7. The first-order chi connectivity index (χ1) is 9.62. The van der Waals surface area contributed by atoms with E-state index < -0.39 is 5.97 Å². The van der Waals surface area contributed by atoms with Crippen LogP contribution in [0.1, 0.15) is 62.4 Å². The van der Waals surface area contributed by atoms with Gasteiger partial charge < -0.3 is 15.8 Å². The van der Waals surface area contributed by atoms with Crippen molar-refractivity contribution in [1.82, 2.24) is 9.78 Å². The minimum absolute atomic E-state index is 0.204. The summed E-state index contributed by atoms with van der Waals surface area (Å²) in [6.45, 7) is 4.18. The van der Waals surface area contributed by atoms with Gasteiger partial charge in [-0.3, -0.25) is 0 Å². The van der Waals surface area contributed by atoms with Gasteiger partial charge in [-0.2, -0.15) is 5.10 Å². The molecule has 0 saturated heterocycles. The van der Waals surface area contributed by atoms with Gasteiger partial charge in [0.2, 0.25) is 0 Å². The van der Waals surface area contributed by atoms with Gasteiger partial charge in [-0.25, -0.2) is 9.48 Å². The van der Waals surface area contributed by atoms with E-state index in [0.29, 0.717) is 23.2 Å². The Kier molecular flexibility index (Phi) is 4.52. The maximum atomic E-state index is 12.0. The molecule has 0 spiro atoms. The van der Waals surface area contributed by atoms with E-state index in [1.807, 2.05) is 0 Å². The van der Waals surface area contributed by atoms with E-state index in [1.54, 1.807) is 4.68 Å². The van der Waals surface area contributed by atoms with Crippen LogP contribution in [-0.2, 0) is 4.74 Å². The summed E-state index contributed by atoms with van der Waals surface area (Å²) < 4.78 is 6.60. The lowest BCUT2D eigenvalue weighted by molar-refractivity contribution is 0.0603. The molecular formula is C14H24N4O2. The van der Waals surface area contributed by atoms with Gasteiger partial charge in [0, 0.05) is 6.04 Å². The molecule has 0 aliphatic heterocycles. The van der Waals surface area contributed by atoms with Crippen molar-refractivity contribution in [3.8, 4) is 0 Å². The summed E-state index contributed by atoms with van der Waals surface area (Å²) in [5.41, 5.74) is 6.49. The topological polar surface area (TPSA) is 82.2 Å². The van der Waals surface area contributed by atoms with Crippen LogP contribution in [0.2, 0.25) is 0 Å². The Hall–Kier alpha value is -1.72. The van der Waals surface area contributed by atoms with Crippen LogP contribution in [-0.4, -0.2) is 28.9 Å². The zero-order valence-corrected chi connectivity index (χ0v) is 12.5. The number of nitrogens with zero attached hydrogens (tertiary/aromatic N) is 2. The van der Waals surface area contributed by atoms with Crippen molar-refractivity contribution >= 4 is 17.6 Å². The lowest BCUT2D eigenvalue weighted by Gasteiger charge is -2.26. The first-order valence-corrected chi connectivity index (χ1v) is 7.35. The van der Waals surface area contributed by atoms with Crippen molar-refractivity contribution in [3.63, 3.8) is 0 Å². The van der Waals surface area contributed by atoms with Gasteiger partial charge >= 0.3 is 5.97 Å². The summed E-state index contributed by atoms with van der Waals surface area (Å²) in [5, 5.41) is 7.84. The number of nitrogens with one attached hydrogen (secondary N) is 1. The number of rotatable bonds is 6. The molecule has 1 heterocycles. The molecule has 0 amide bonds. The molecule has 0 bridgehead atoms. The normalized spacial score (nSPS) is 15.2. The highest BCUT2D eigenvalue weighted by Crippen LogP contribution is 2.31. The van der Waals surface area contributed by atoms with Crippen LogP contribution < -0.4 is 11.1 Å². The Balaban J connectivity index is 2.36. The Bertz CT molecular complexity index is 476.